The van der Waals surface area contributed by atoms with Crippen molar-refractivity contribution in [1.82, 2.24) is 9.96 Å². The van der Waals surface area contributed by atoms with Gasteiger partial charge in [-0.05, 0) is 11.1 Å². The zero-order chi connectivity index (χ0) is 27.9. The number of nitrogens with zero attached hydrogens (tertiary/aromatic N) is 3. The van der Waals surface area contributed by atoms with Crippen molar-refractivity contribution < 1.29 is 28.7 Å². The third kappa shape index (κ3) is 6.14. The average Bonchev–Trinajstić information content (AvgIpc) is 2.96. The lowest BCUT2D eigenvalue weighted by atomic mass is 10.0. The van der Waals surface area contributed by atoms with Crippen LogP contribution in [0.3, 0.4) is 0 Å². The topological polar surface area (TPSA) is 109 Å². The fourth-order valence-corrected chi connectivity index (χ4v) is 6.07. The monoisotopic (exact) mass is 565 g/mol. The van der Waals surface area contributed by atoms with E-state index < -0.39 is 35.4 Å². The zero-order valence-corrected chi connectivity index (χ0v) is 23.1. The molecule has 1 unspecified atom stereocenters. The molecule has 39 heavy (non-hydrogen) atoms. The van der Waals surface area contributed by atoms with Gasteiger partial charge < -0.3 is 9.47 Å². The van der Waals surface area contributed by atoms with E-state index in [1.807, 2.05) is 66.7 Å². The molecule has 2 aromatic rings. The number of hydrogen-bond acceptors (Lipinski definition) is 9. The fourth-order valence-electron chi connectivity index (χ4n) is 4.42. The zero-order valence-electron chi connectivity index (χ0n) is 21.4. The van der Waals surface area contributed by atoms with Crippen LogP contribution in [0.1, 0.15) is 37.0 Å². The van der Waals surface area contributed by atoms with Crippen molar-refractivity contribution in [3.8, 4) is 6.07 Å². The lowest BCUT2D eigenvalue weighted by Crippen LogP contribution is -2.71. The van der Waals surface area contributed by atoms with Crippen molar-refractivity contribution >= 4 is 46.8 Å². The number of hydroxylamine groups is 2. The molecule has 1 amide bonds. The Morgan fingerprint density at radius 2 is 1.77 bits per heavy atom. The Balaban J connectivity index is 1.66. The number of thioether (sulfide) groups is 1. The van der Waals surface area contributed by atoms with Crippen LogP contribution in [0.2, 0.25) is 0 Å². The van der Waals surface area contributed by atoms with Crippen LogP contribution < -0.4 is 0 Å². The van der Waals surface area contributed by atoms with Gasteiger partial charge in [0.2, 0.25) is 0 Å². The molecule has 0 bridgehead atoms. The molecule has 1 fully saturated rings. The summed E-state index contributed by atoms with van der Waals surface area (Å²) in [7, 11) is 1.41. The van der Waals surface area contributed by atoms with Crippen molar-refractivity contribution in [2.24, 2.45) is 0 Å². The van der Waals surface area contributed by atoms with Gasteiger partial charge in [-0.1, -0.05) is 72.9 Å². The maximum absolute atomic E-state index is 13.8. The molecule has 0 aliphatic carbocycles. The van der Waals surface area contributed by atoms with Gasteiger partial charge >= 0.3 is 11.9 Å². The molecule has 202 valence electrons. The van der Waals surface area contributed by atoms with E-state index in [9.17, 15) is 14.4 Å². The molecule has 9 nitrogen and oxygen atoms in total. The third-order valence-electron chi connectivity index (χ3n) is 6.24. The molecule has 2 aromatic carbocycles. The van der Waals surface area contributed by atoms with E-state index in [-0.39, 0.29) is 25.1 Å². The summed E-state index contributed by atoms with van der Waals surface area (Å²) in [5.41, 5.74) is 2.06. The number of nitriles is 1. The van der Waals surface area contributed by atoms with Crippen molar-refractivity contribution in [1.29, 1.82) is 5.26 Å². The lowest BCUT2D eigenvalue weighted by Gasteiger charge is -2.52. The lowest BCUT2D eigenvalue weighted by molar-refractivity contribution is -0.177. The number of rotatable bonds is 10. The van der Waals surface area contributed by atoms with Crippen molar-refractivity contribution in [2.45, 2.75) is 37.3 Å². The molecule has 0 N–H and O–H groups in total. The molecular weight excluding hydrogens is 538 g/mol. The highest BCUT2D eigenvalue weighted by molar-refractivity contribution is 8.00. The molecule has 2 aliphatic heterocycles. The molecule has 1 saturated heterocycles. The smallest absolute Gasteiger partial charge is 0.356 e. The molecular formula is C28H27N3O6S2. The molecule has 4 rings (SSSR count). The van der Waals surface area contributed by atoms with Crippen LogP contribution in [-0.2, 0) is 28.7 Å². The Bertz CT molecular complexity index is 1270. The Kier molecular flexibility index (Phi) is 9.35. The van der Waals surface area contributed by atoms with Gasteiger partial charge in [0.25, 0.3) is 5.91 Å². The van der Waals surface area contributed by atoms with Gasteiger partial charge in [0.05, 0.1) is 13.2 Å². The van der Waals surface area contributed by atoms with Crippen LogP contribution in [0.15, 0.2) is 71.9 Å². The van der Waals surface area contributed by atoms with Crippen LogP contribution in [0.4, 0.5) is 0 Å². The highest BCUT2D eigenvalue weighted by Crippen LogP contribution is 2.44. The Morgan fingerprint density at radius 3 is 2.31 bits per heavy atom. The normalized spacial score (nSPS) is 18.1. The number of benzene rings is 2. The van der Waals surface area contributed by atoms with E-state index >= 15 is 0 Å². The summed E-state index contributed by atoms with van der Waals surface area (Å²) >= 11 is 6.82. The molecule has 0 spiro atoms. The number of amides is 1. The van der Waals surface area contributed by atoms with E-state index in [2.05, 4.69) is 0 Å². The second-order valence-corrected chi connectivity index (χ2v) is 10.3. The van der Waals surface area contributed by atoms with Crippen LogP contribution >= 0.6 is 24.0 Å². The van der Waals surface area contributed by atoms with E-state index in [4.69, 9.17) is 31.8 Å². The van der Waals surface area contributed by atoms with Crippen LogP contribution in [0, 0.1) is 11.3 Å². The Morgan fingerprint density at radius 1 is 1.15 bits per heavy atom. The van der Waals surface area contributed by atoms with Gasteiger partial charge in [0, 0.05) is 31.1 Å². The first-order valence-electron chi connectivity index (χ1n) is 12.2. The number of hydrogen-bond donors (Lipinski definition) is 0. The summed E-state index contributed by atoms with van der Waals surface area (Å²) < 4.78 is 11.3. The molecule has 0 radical (unpaired) electrons. The molecule has 11 heteroatoms. The summed E-state index contributed by atoms with van der Waals surface area (Å²) in [6.07, 6.45) is -0.276. The maximum atomic E-state index is 13.8. The largest absolute Gasteiger partial charge is 0.461 e. The quantitative estimate of drug-likeness (QED) is 0.182. The van der Waals surface area contributed by atoms with Gasteiger partial charge in [-0.3, -0.25) is 19.3 Å². The van der Waals surface area contributed by atoms with Gasteiger partial charge in [0.15, 0.2) is 12.1 Å². The molecule has 0 aromatic heterocycles. The van der Waals surface area contributed by atoms with E-state index in [0.29, 0.717) is 16.3 Å². The first-order valence-corrected chi connectivity index (χ1v) is 13.7. The minimum atomic E-state index is -0.775. The highest BCUT2D eigenvalue weighted by atomic mass is 32.2. The van der Waals surface area contributed by atoms with E-state index in [0.717, 1.165) is 11.1 Å². The summed E-state index contributed by atoms with van der Waals surface area (Å²) in [6, 6.07) is 19.9. The van der Waals surface area contributed by atoms with Crippen LogP contribution in [0.25, 0.3) is 0 Å². The number of fused-ring (bicyclic) bond motifs is 1. The van der Waals surface area contributed by atoms with Crippen molar-refractivity contribution in [2.75, 3.05) is 19.5 Å². The minimum Gasteiger partial charge on any atom is -0.461 e. The summed E-state index contributed by atoms with van der Waals surface area (Å²) in [4.78, 5) is 46.0. The number of thiocarbonyl (C=S) groups is 1. The number of β-lactam (4-membered cyclic amide) rings is 1. The third-order valence-corrected chi connectivity index (χ3v) is 7.95. The maximum Gasteiger partial charge on any atom is 0.356 e. The highest BCUT2D eigenvalue weighted by Gasteiger charge is 2.57. The number of carbonyl (C=O) groups is 3. The summed E-state index contributed by atoms with van der Waals surface area (Å²) in [5, 5.41) is 9.77. The fraction of sp³-hybridized carbons (Fsp3) is 0.321. The van der Waals surface area contributed by atoms with Crippen molar-refractivity contribution in [3.63, 3.8) is 0 Å². The SMILES string of the molecule is CON(C(=S)CCC#N)C1C(=O)N2C(C(=O)OC(c3ccccc3)c3ccccc3)=C(COC(C)=O)CS[C@@H]12. The van der Waals surface area contributed by atoms with Crippen molar-refractivity contribution in [3.05, 3.63) is 83.1 Å². The first-order chi connectivity index (χ1) is 18.9. The predicted octanol–water partition coefficient (Wildman–Crippen LogP) is 3.91. The Labute approximate surface area is 236 Å². The van der Waals surface area contributed by atoms with Crippen LogP contribution in [0.5, 0.6) is 0 Å². The van der Waals surface area contributed by atoms with E-state index in [1.54, 1.807) is 0 Å². The number of carbonyl (C=O) groups excluding carboxylic acids is 3. The summed E-state index contributed by atoms with van der Waals surface area (Å²) in [6.45, 7) is 1.13. The average molecular weight is 566 g/mol. The summed E-state index contributed by atoms with van der Waals surface area (Å²) in [5.74, 6) is -1.29. The van der Waals surface area contributed by atoms with Gasteiger partial charge in [-0.2, -0.15) is 5.26 Å². The van der Waals surface area contributed by atoms with Gasteiger partial charge in [-0.15, -0.1) is 11.8 Å². The Hall–Kier alpha value is -3.72. The molecule has 2 aliphatic rings. The number of esters is 2. The standard InChI is InChI=1S/C28H27N3O6S2/c1-18(32)36-16-21-17-39-27-24(31(35-2)22(38)14-9-15-29)26(33)30(27)23(21)28(34)37-25(19-10-5-3-6-11-19)20-12-7-4-8-13-20/h3-8,10-13,24-25,27H,9,14,16-17H2,1-2H3/t24?,27-/m0/s1. The minimum absolute atomic E-state index is 0.0529. The molecule has 2 atom stereocenters. The second kappa shape index (κ2) is 12.9. The van der Waals surface area contributed by atoms with Gasteiger partial charge in [0.1, 0.15) is 22.7 Å². The molecule has 0 saturated carbocycles. The van der Waals surface area contributed by atoms with E-state index in [1.165, 1.54) is 35.8 Å². The van der Waals surface area contributed by atoms with Gasteiger partial charge in [-0.25, -0.2) is 9.86 Å². The van der Waals surface area contributed by atoms with Crippen LogP contribution in [-0.4, -0.2) is 63.7 Å². The predicted molar refractivity (Wildman–Crippen MR) is 148 cm³/mol. The first kappa shape index (κ1) is 28.3. The molecule has 2 heterocycles. The second-order valence-electron chi connectivity index (χ2n) is 8.75. The number of ether oxygens (including phenoxy) is 2.